The summed E-state index contributed by atoms with van der Waals surface area (Å²) in [7, 11) is 0. The van der Waals surface area contributed by atoms with Crippen LogP contribution in [0, 0.1) is 5.82 Å². The highest BCUT2D eigenvalue weighted by atomic mass is 32.2. The number of nitrogens with zero attached hydrogens (tertiary/aromatic N) is 2. The van der Waals surface area contributed by atoms with Crippen LogP contribution in [0.4, 0.5) is 10.1 Å². The van der Waals surface area contributed by atoms with Gasteiger partial charge >= 0.3 is 0 Å². The number of aromatic nitrogens is 2. The second kappa shape index (κ2) is 5.64. The molecular weight excluding hydrogens is 297 g/mol. The van der Waals surface area contributed by atoms with Gasteiger partial charge in [0.15, 0.2) is 5.82 Å². The first-order valence-electron chi connectivity index (χ1n) is 5.75. The van der Waals surface area contributed by atoms with Gasteiger partial charge in [-0.3, -0.25) is 0 Å². The molecule has 7 heteroatoms. The van der Waals surface area contributed by atoms with Crippen molar-refractivity contribution in [3.8, 4) is 11.5 Å². The van der Waals surface area contributed by atoms with Gasteiger partial charge in [0.05, 0.1) is 11.3 Å². The lowest BCUT2D eigenvalue weighted by Crippen LogP contribution is -1.91. The van der Waals surface area contributed by atoms with Crippen LogP contribution in [0.5, 0.6) is 0 Å². The number of nitrogen functional groups attached to an aromatic ring is 1. The normalized spacial score (nSPS) is 10.8. The van der Waals surface area contributed by atoms with Crippen molar-refractivity contribution >= 4 is 28.8 Å². The van der Waals surface area contributed by atoms with Crippen molar-refractivity contribution in [2.45, 2.75) is 10.6 Å². The van der Waals surface area contributed by atoms with Crippen LogP contribution in [0.25, 0.3) is 11.5 Å². The van der Waals surface area contributed by atoms with Crippen LogP contribution in [-0.4, -0.2) is 10.1 Å². The zero-order chi connectivity index (χ0) is 13.9. The van der Waals surface area contributed by atoms with Crippen LogP contribution < -0.4 is 5.73 Å². The molecule has 0 fully saturated rings. The van der Waals surface area contributed by atoms with Crippen molar-refractivity contribution in [1.29, 1.82) is 0 Å². The maximum Gasteiger partial charge on any atom is 0.258 e. The first-order valence-corrected chi connectivity index (χ1v) is 7.68. The van der Waals surface area contributed by atoms with Gasteiger partial charge in [-0.25, -0.2) is 4.39 Å². The van der Waals surface area contributed by atoms with Gasteiger partial charge in [0, 0.05) is 16.0 Å². The molecule has 2 heterocycles. The molecule has 0 aliphatic rings. The maximum atomic E-state index is 13.1. The summed E-state index contributed by atoms with van der Waals surface area (Å²) in [5, 5.41) is 7.79. The predicted molar refractivity (Wildman–Crippen MR) is 78.0 cm³/mol. The van der Waals surface area contributed by atoms with Crippen LogP contribution >= 0.6 is 23.1 Å². The van der Waals surface area contributed by atoms with Gasteiger partial charge in [-0.15, -0.1) is 11.8 Å². The number of nitrogens with two attached hydrogens (primary N) is 1. The average molecular weight is 307 g/mol. The van der Waals surface area contributed by atoms with E-state index in [1.54, 1.807) is 17.4 Å². The van der Waals surface area contributed by atoms with E-state index in [-0.39, 0.29) is 5.82 Å². The Morgan fingerprint density at radius 1 is 1.35 bits per heavy atom. The third-order valence-corrected chi connectivity index (χ3v) is 4.32. The highest BCUT2D eigenvalue weighted by Gasteiger charge is 2.10. The highest BCUT2D eigenvalue weighted by molar-refractivity contribution is 7.98. The molecule has 0 atom stereocenters. The largest absolute Gasteiger partial charge is 0.398 e. The molecular formula is C13H10FN3OS2. The Bertz CT molecular complexity index is 712. The maximum absolute atomic E-state index is 13.1. The molecule has 2 aromatic heterocycles. The van der Waals surface area contributed by atoms with Crippen molar-refractivity contribution in [3.05, 3.63) is 46.7 Å². The highest BCUT2D eigenvalue weighted by Crippen LogP contribution is 2.29. The molecule has 0 bridgehead atoms. The Labute approximate surface area is 122 Å². The molecule has 0 aliphatic carbocycles. The van der Waals surface area contributed by atoms with Crippen LogP contribution in [0.3, 0.4) is 0 Å². The van der Waals surface area contributed by atoms with Gasteiger partial charge in [-0.05, 0) is 29.6 Å². The summed E-state index contributed by atoms with van der Waals surface area (Å²) in [6, 6.07) is 6.20. The molecule has 2 N–H and O–H groups in total. The third-order valence-electron chi connectivity index (χ3n) is 2.57. The summed E-state index contributed by atoms with van der Waals surface area (Å²) < 4.78 is 18.3. The Morgan fingerprint density at radius 2 is 2.25 bits per heavy atom. The van der Waals surface area contributed by atoms with E-state index in [9.17, 15) is 4.39 Å². The van der Waals surface area contributed by atoms with E-state index in [0.29, 0.717) is 28.1 Å². The Hall–Kier alpha value is -1.86. The van der Waals surface area contributed by atoms with Crippen LogP contribution in [0.1, 0.15) is 5.82 Å². The van der Waals surface area contributed by atoms with E-state index in [0.717, 1.165) is 5.56 Å². The standard InChI is InChI=1S/C13H10FN3OS2/c14-9-1-2-10(15)11(5-9)20-7-12-16-13(18-17-12)8-3-4-19-6-8/h1-6H,7,15H2. The topological polar surface area (TPSA) is 64.9 Å². The molecule has 0 unspecified atom stereocenters. The molecule has 3 rings (SSSR count). The number of anilines is 1. The molecule has 4 nitrogen and oxygen atoms in total. The minimum Gasteiger partial charge on any atom is -0.398 e. The number of hydrogen-bond donors (Lipinski definition) is 1. The van der Waals surface area contributed by atoms with Crippen LogP contribution in [-0.2, 0) is 5.75 Å². The fourth-order valence-electron chi connectivity index (χ4n) is 1.59. The second-order valence-electron chi connectivity index (χ2n) is 4.00. The van der Waals surface area contributed by atoms with Crippen LogP contribution in [0.15, 0.2) is 44.4 Å². The SMILES string of the molecule is Nc1ccc(F)cc1SCc1noc(-c2ccsc2)n1. The van der Waals surface area contributed by atoms with Gasteiger partial charge < -0.3 is 10.3 Å². The van der Waals surface area contributed by atoms with Crippen molar-refractivity contribution in [2.75, 3.05) is 5.73 Å². The number of thiophene rings is 1. The first-order chi connectivity index (χ1) is 9.72. The van der Waals surface area contributed by atoms with E-state index in [1.807, 2.05) is 16.8 Å². The number of benzene rings is 1. The van der Waals surface area contributed by atoms with E-state index < -0.39 is 0 Å². The molecule has 0 spiro atoms. The number of thioether (sulfide) groups is 1. The molecule has 0 saturated heterocycles. The van der Waals surface area contributed by atoms with Gasteiger partial charge in [-0.2, -0.15) is 16.3 Å². The fourth-order valence-corrected chi connectivity index (χ4v) is 3.05. The van der Waals surface area contributed by atoms with Gasteiger partial charge in [0.1, 0.15) is 5.82 Å². The van der Waals surface area contributed by atoms with E-state index in [1.165, 1.54) is 23.9 Å². The molecule has 0 aliphatic heterocycles. The number of hydrogen-bond acceptors (Lipinski definition) is 6. The predicted octanol–water partition coefficient (Wildman–Crippen LogP) is 3.81. The van der Waals surface area contributed by atoms with Gasteiger partial charge in [0.25, 0.3) is 5.89 Å². The van der Waals surface area contributed by atoms with Crippen molar-refractivity contribution < 1.29 is 8.91 Å². The molecule has 3 aromatic rings. The summed E-state index contributed by atoms with van der Waals surface area (Å²) in [6.07, 6.45) is 0. The van der Waals surface area contributed by atoms with Crippen LogP contribution in [0.2, 0.25) is 0 Å². The Morgan fingerprint density at radius 3 is 3.05 bits per heavy atom. The lowest BCUT2D eigenvalue weighted by molar-refractivity contribution is 0.425. The smallest absolute Gasteiger partial charge is 0.258 e. The molecule has 0 radical (unpaired) electrons. The van der Waals surface area contributed by atoms with Crippen molar-refractivity contribution in [2.24, 2.45) is 0 Å². The summed E-state index contributed by atoms with van der Waals surface area (Å²) in [5.41, 5.74) is 7.23. The molecule has 102 valence electrons. The zero-order valence-corrected chi connectivity index (χ0v) is 11.9. The van der Waals surface area contributed by atoms with E-state index >= 15 is 0 Å². The summed E-state index contributed by atoms with van der Waals surface area (Å²) in [6.45, 7) is 0. The average Bonchev–Trinajstić information content (AvgIpc) is 3.09. The molecule has 0 saturated carbocycles. The zero-order valence-electron chi connectivity index (χ0n) is 10.2. The first kappa shape index (κ1) is 13.1. The monoisotopic (exact) mass is 307 g/mol. The van der Waals surface area contributed by atoms with Gasteiger partial charge in [0.2, 0.25) is 0 Å². The van der Waals surface area contributed by atoms with E-state index in [4.69, 9.17) is 10.3 Å². The Balaban J connectivity index is 1.71. The minimum atomic E-state index is -0.311. The second-order valence-corrected chi connectivity index (χ2v) is 5.80. The molecule has 0 amide bonds. The number of rotatable bonds is 4. The summed E-state index contributed by atoms with van der Waals surface area (Å²) in [4.78, 5) is 4.97. The minimum absolute atomic E-state index is 0.311. The summed E-state index contributed by atoms with van der Waals surface area (Å²) >= 11 is 2.94. The lowest BCUT2D eigenvalue weighted by atomic mass is 10.3. The third kappa shape index (κ3) is 2.83. The quantitative estimate of drug-likeness (QED) is 0.586. The van der Waals surface area contributed by atoms with Crippen molar-refractivity contribution in [1.82, 2.24) is 10.1 Å². The van der Waals surface area contributed by atoms with E-state index in [2.05, 4.69) is 10.1 Å². The Kier molecular flexibility index (Phi) is 3.70. The fraction of sp³-hybridized carbons (Fsp3) is 0.0769. The van der Waals surface area contributed by atoms with Crippen molar-refractivity contribution in [3.63, 3.8) is 0 Å². The molecule has 1 aromatic carbocycles. The lowest BCUT2D eigenvalue weighted by Gasteiger charge is -2.02. The number of halogens is 1. The molecule has 20 heavy (non-hydrogen) atoms. The summed E-state index contributed by atoms with van der Waals surface area (Å²) in [5.74, 6) is 1.21. The van der Waals surface area contributed by atoms with Gasteiger partial charge in [-0.1, -0.05) is 5.16 Å².